The van der Waals surface area contributed by atoms with Crippen molar-refractivity contribution in [3.05, 3.63) is 23.8 Å². The van der Waals surface area contributed by atoms with Gasteiger partial charge in [0.1, 0.15) is 24.9 Å². The summed E-state index contributed by atoms with van der Waals surface area (Å²) in [6, 6.07) is 3.75. The molecular formula is C30H47NO10. The fourth-order valence-electron chi connectivity index (χ4n) is 3.25. The van der Waals surface area contributed by atoms with E-state index < -0.39 is 36.5 Å². The number of hydrogen-bond acceptors (Lipinski definition) is 11. The fourth-order valence-corrected chi connectivity index (χ4v) is 3.25. The molecule has 0 saturated heterocycles. The van der Waals surface area contributed by atoms with Gasteiger partial charge in [-0.15, -0.1) is 0 Å². The van der Waals surface area contributed by atoms with Gasteiger partial charge >= 0.3 is 24.2 Å². The lowest BCUT2D eigenvalue weighted by Gasteiger charge is -2.20. The van der Waals surface area contributed by atoms with Crippen molar-refractivity contribution in [3.8, 4) is 11.5 Å². The zero-order chi connectivity index (χ0) is 30.9. The highest BCUT2D eigenvalue weighted by Crippen LogP contribution is 2.30. The van der Waals surface area contributed by atoms with E-state index in [9.17, 15) is 19.2 Å². The molecule has 0 aliphatic rings. The Hall–Kier alpha value is -3.34. The molecule has 1 rings (SSSR count). The maximum atomic E-state index is 12.5. The Kier molecular flexibility index (Phi) is 16.5. The number of carbonyl (C=O) groups is 4. The van der Waals surface area contributed by atoms with Gasteiger partial charge < -0.3 is 33.7 Å². The molecule has 0 radical (unpaired) electrons. The second-order valence-corrected chi connectivity index (χ2v) is 10.5. The van der Waals surface area contributed by atoms with E-state index in [1.807, 2.05) is 27.7 Å². The molecule has 41 heavy (non-hydrogen) atoms. The standard InChI is InChI=1S/C30H47NO10/c1-9-10-11-12-27(32)37-16-15-31-24(28(33)36-8)17-23-13-14-25(40-29(34)38-21(6)19(2)3)26(18-23)41-30(35)39-22(7)20(4)5/h13-14,18-22,24,31H,9-12,15-17H2,1-8H3/t21?,22?,24-/m0/s1. The molecule has 11 nitrogen and oxygen atoms in total. The Labute approximate surface area is 243 Å². The van der Waals surface area contributed by atoms with Crippen LogP contribution in [0, 0.1) is 11.8 Å². The van der Waals surface area contributed by atoms with Gasteiger partial charge in [-0.05, 0) is 56.2 Å². The minimum absolute atomic E-state index is 0.0542. The number of benzene rings is 1. The van der Waals surface area contributed by atoms with E-state index in [-0.39, 0.29) is 48.9 Å². The first kappa shape index (κ1) is 35.7. The van der Waals surface area contributed by atoms with Crippen LogP contribution in [0.4, 0.5) is 9.59 Å². The van der Waals surface area contributed by atoms with Gasteiger partial charge in [0.05, 0.1) is 7.11 Å². The van der Waals surface area contributed by atoms with Gasteiger partial charge in [-0.2, -0.15) is 0 Å². The van der Waals surface area contributed by atoms with E-state index in [2.05, 4.69) is 12.2 Å². The van der Waals surface area contributed by atoms with Crippen LogP contribution in [0.15, 0.2) is 18.2 Å². The molecule has 0 aliphatic heterocycles. The lowest BCUT2D eigenvalue weighted by Crippen LogP contribution is -2.41. The van der Waals surface area contributed by atoms with Gasteiger partial charge in [-0.3, -0.25) is 9.59 Å². The zero-order valence-corrected chi connectivity index (χ0v) is 25.7. The number of esters is 2. The van der Waals surface area contributed by atoms with Crippen LogP contribution >= 0.6 is 0 Å². The fraction of sp³-hybridized carbons (Fsp3) is 0.667. The van der Waals surface area contributed by atoms with Crippen molar-refractivity contribution < 1.29 is 47.6 Å². The van der Waals surface area contributed by atoms with Gasteiger partial charge in [0, 0.05) is 13.0 Å². The predicted octanol–water partition coefficient (Wildman–Crippen LogP) is 5.60. The Morgan fingerprint density at radius 2 is 1.41 bits per heavy atom. The molecule has 11 heteroatoms. The Balaban J connectivity index is 3.02. The van der Waals surface area contributed by atoms with Crippen molar-refractivity contribution >= 4 is 24.2 Å². The van der Waals surface area contributed by atoms with Gasteiger partial charge in [-0.1, -0.05) is 53.5 Å². The topological polar surface area (TPSA) is 136 Å². The summed E-state index contributed by atoms with van der Waals surface area (Å²) in [7, 11) is 1.27. The van der Waals surface area contributed by atoms with Gasteiger partial charge in [0.25, 0.3) is 0 Å². The lowest BCUT2D eigenvalue weighted by atomic mass is 10.1. The van der Waals surface area contributed by atoms with Crippen molar-refractivity contribution in [2.75, 3.05) is 20.3 Å². The zero-order valence-electron chi connectivity index (χ0n) is 25.7. The number of hydrogen-bond donors (Lipinski definition) is 1. The third-order valence-electron chi connectivity index (χ3n) is 6.50. The smallest absolute Gasteiger partial charge is 0.468 e. The summed E-state index contributed by atoms with van der Waals surface area (Å²) in [5.74, 6) is -0.825. The van der Waals surface area contributed by atoms with Gasteiger partial charge in [0.2, 0.25) is 0 Å². The van der Waals surface area contributed by atoms with Crippen molar-refractivity contribution in [2.24, 2.45) is 11.8 Å². The molecule has 1 N–H and O–H groups in total. The minimum atomic E-state index is -0.972. The second kappa shape index (κ2) is 18.9. The van der Waals surface area contributed by atoms with E-state index in [1.165, 1.54) is 19.2 Å². The first-order chi connectivity index (χ1) is 19.4. The summed E-state index contributed by atoms with van der Waals surface area (Å²) in [5.41, 5.74) is 0.570. The number of ether oxygens (including phenoxy) is 6. The average Bonchev–Trinajstić information content (AvgIpc) is 2.91. The van der Waals surface area contributed by atoms with Crippen LogP contribution in [0.2, 0.25) is 0 Å². The first-order valence-electron chi connectivity index (χ1n) is 14.2. The first-order valence-corrected chi connectivity index (χ1v) is 14.2. The van der Waals surface area contributed by atoms with Crippen LogP contribution in [0.1, 0.15) is 79.7 Å². The van der Waals surface area contributed by atoms with Crippen molar-refractivity contribution in [2.45, 2.75) is 98.8 Å². The molecule has 0 aromatic heterocycles. The van der Waals surface area contributed by atoms with Crippen molar-refractivity contribution in [1.82, 2.24) is 5.32 Å². The van der Waals surface area contributed by atoms with Crippen LogP contribution < -0.4 is 14.8 Å². The highest BCUT2D eigenvalue weighted by atomic mass is 16.8. The van der Waals surface area contributed by atoms with Crippen molar-refractivity contribution in [3.63, 3.8) is 0 Å². The molecular weight excluding hydrogens is 534 g/mol. The summed E-state index contributed by atoms with van der Waals surface area (Å²) in [6.07, 6.45) is 0.497. The maximum absolute atomic E-state index is 12.5. The van der Waals surface area contributed by atoms with E-state index in [4.69, 9.17) is 28.4 Å². The Morgan fingerprint density at radius 1 is 0.829 bits per heavy atom. The van der Waals surface area contributed by atoms with Gasteiger partial charge in [-0.25, -0.2) is 9.59 Å². The molecule has 0 heterocycles. The third-order valence-corrected chi connectivity index (χ3v) is 6.50. The Morgan fingerprint density at radius 3 is 1.95 bits per heavy atom. The molecule has 0 fully saturated rings. The van der Waals surface area contributed by atoms with Crippen molar-refractivity contribution in [1.29, 1.82) is 0 Å². The normalized spacial score (nSPS) is 13.2. The van der Waals surface area contributed by atoms with E-state index in [1.54, 1.807) is 19.9 Å². The van der Waals surface area contributed by atoms with Gasteiger partial charge in [0.15, 0.2) is 11.5 Å². The van der Waals surface area contributed by atoms with E-state index in [0.29, 0.717) is 12.0 Å². The van der Waals surface area contributed by atoms with E-state index in [0.717, 1.165) is 19.3 Å². The molecule has 232 valence electrons. The second-order valence-electron chi connectivity index (χ2n) is 10.5. The third kappa shape index (κ3) is 14.2. The highest BCUT2D eigenvalue weighted by Gasteiger charge is 2.24. The molecule has 0 bridgehead atoms. The molecule has 0 spiro atoms. The summed E-state index contributed by atoms with van der Waals surface area (Å²) < 4.78 is 31.5. The predicted molar refractivity (Wildman–Crippen MR) is 152 cm³/mol. The summed E-state index contributed by atoms with van der Waals surface area (Å²) >= 11 is 0. The molecule has 0 amide bonds. The molecule has 1 aromatic carbocycles. The molecule has 2 unspecified atom stereocenters. The summed E-state index contributed by atoms with van der Waals surface area (Å²) in [6.45, 7) is 13.4. The van der Waals surface area contributed by atoms with Crippen LogP contribution in [-0.4, -0.2) is 62.8 Å². The minimum Gasteiger partial charge on any atom is -0.468 e. The summed E-state index contributed by atoms with van der Waals surface area (Å²) in [5, 5.41) is 3.03. The van der Waals surface area contributed by atoms with Crippen LogP contribution in [0.25, 0.3) is 0 Å². The SMILES string of the molecule is CCCCCC(=O)OCCN[C@@H](Cc1ccc(OC(=O)OC(C)C(C)C)c(OC(=O)OC(C)C(C)C)c1)C(=O)OC. The quantitative estimate of drug-likeness (QED) is 0.106. The number of rotatable bonds is 17. The lowest BCUT2D eigenvalue weighted by molar-refractivity contribution is -0.144. The summed E-state index contributed by atoms with van der Waals surface area (Å²) in [4.78, 5) is 49.1. The monoisotopic (exact) mass is 581 g/mol. The molecule has 1 aromatic rings. The number of carbonyl (C=O) groups excluding carboxylic acids is 4. The largest absolute Gasteiger partial charge is 0.514 e. The van der Waals surface area contributed by atoms with Crippen LogP contribution in [0.5, 0.6) is 11.5 Å². The number of unbranched alkanes of at least 4 members (excludes halogenated alkanes) is 2. The number of nitrogens with one attached hydrogen (secondary N) is 1. The number of methoxy groups -OCH3 is 1. The van der Waals surface area contributed by atoms with Crippen LogP contribution in [0.3, 0.4) is 0 Å². The molecule has 3 atom stereocenters. The molecule has 0 aliphatic carbocycles. The van der Waals surface area contributed by atoms with E-state index >= 15 is 0 Å². The Bertz CT molecular complexity index is 978. The highest BCUT2D eigenvalue weighted by molar-refractivity contribution is 5.76. The maximum Gasteiger partial charge on any atom is 0.514 e. The van der Waals surface area contributed by atoms with Crippen LogP contribution in [-0.2, 0) is 35.0 Å². The molecule has 0 saturated carbocycles. The average molecular weight is 582 g/mol.